The lowest BCUT2D eigenvalue weighted by atomic mass is 10.4. The van der Waals surface area contributed by atoms with Crippen LogP contribution < -0.4 is 5.30 Å². The molecule has 1 rings (SSSR count). The third-order valence-corrected chi connectivity index (χ3v) is 4.19. The Hall–Kier alpha value is -1.09. The molecular formula is C9H8F3O2P. The Morgan fingerprint density at radius 3 is 2.07 bits per heavy atom. The number of carbonyl (C=O) groups is 1. The highest BCUT2D eigenvalue weighted by Gasteiger charge is 2.48. The molecule has 0 heterocycles. The van der Waals surface area contributed by atoms with Crippen LogP contribution >= 0.6 is 7.14 Å². The lowest BCUT2D eigenvalue weighted by Gasteiger charge is -2.13. The Labute approximate surface area is 84.5 Å². The van der Waals surface area contributed by atoms with Crippen molar-refractivity contribution in [2.45, 2.75) is 6.18 Å². The zero-order valence-electron chi connectivity index (χ0n) is 7.78. The van der Waals surface area contributed by atoms with Gasteiger partial charge in [-0.05, 0) is 0 Å². The molecule has 0 amide bonds. The summed E-state index contributed by atoms with van der Waals surface area (Å²) in [6.07, 6.45) is -5.06. The predicted molar refractivity (Wildman–Crippen MR) is 50.7 cm³/mol. The van der Waals surface area contributed by atoms with Gasteiger partial charge in [-0.2, -0.15) is 13.2 Å². The maximum absolute atomic E-state index is 12.1. The minimum atomic E-state index is -5.06. The van der Waals surface area contributed by atoms with Crippen LogP contribution in [0.15, 0.2) is 30.3 Å². The SMILES string of the molecule is CP(=O)(C(=O)C(F)(F)F)c1ccccc1. The van der Waals surface area contributed by atoms with E-state index in [2.05, 4.69) is 0 Å². The zero-order chi connectivity index (χ0) is 11.7. The van der Waals surface area contributed by atoms with Gasteiger partial charge in [-0.25, -0.2) is 0 Å². The second-order valence-electron chi connectivity index (χ2n) is 3.06. The van der Waals surface area contributed by atoms with Gasteiger partial charge in [0, 0.05) is 12.0 Å². The molecule has 0 aliphatic carbocycles. The van der Waals surface area contributed by atoms with Crippen LogP contribution in [-0.4, -0.2) is 18.4 Å². The van der Waals surface area contributed by atoms with Gasteiger partial charge in [0.25, 0.3) is 5.52 Å². The van der Waals surface area contributed by atoms with Crippen LogP contribution in [0.5, 0.6) is 0 Å². The predicted octanol–water partition coefficient (Wildman–Crippen LogP) is 2.39. The lowest BCUT2D eigenvalue weighted by Crippen LogP contribution is -2.26. The first-order valence-electron chi connectivity index (χ1n) is 4.01. The maximum atomic E-state index is 12.1. The second kappa shape index (κ2) is 3.81. The largest absolute Gasteiger partial charge is 0.458 e. The van der Waals surface area contributed by atoms with E-state index in [4.69, 9.17) is 0 Å². The molecule has 6 heteroatoms. The van der Waals surface area contributed by atoms with Crippen molar-refractivity contribution in [3.8, 4) is 0 Å². The zero-order valence-corrected chi connectivity index (χ0v) is 8.68. The van der Waals surface area contributed by atoms with E-state index in [-0.39, 0.29) is 5.30 Å². The molecule has 0 aliphatic heterocycles. The topological polar surface area (TPSA) is 34.1 Å². The van der Waals surface area contributed by atoms with Crippen LogP contribution in [0.3, 0.4) is 0 Å². The van der Waals surface area contributed by atoms with Gasteiger partial charge in [0.1, 0.15) is 0 Å². The number of hydrogen-bond donors (Lipinski definition) is 0. The van der Waals surface area contributed by atoms with Gasteiger partial charge in [0.2, 0.25) is 0 Å². The van der Waals surface area contributed by atoms with Crippen molar-refractivity contribution < 1.29 is 22.5 Å². The van der Waals surface area contributed by atoms with Crippen molar-refractivity contribution in [3.05, 3.63) is 30.3 Å². The Morgan fingerprint density at radius 1 is 1.20 bits per heavy atom. The fourth-order valence-corrected chi connectivity index (χ4v) is 2.53. The molecule has 82 valence electrons. The normalized spacial score (nSPS) is 15.7. The van der Waals surface area contributed by atoms with Crippen molar-refractivity contribution in [2.24, 2.45) is 0 Å². The molecule has 1 unspecified atom stereocenters. The molecular weight excluding hydrogens is 228 g/mol. The molecule has 0 spiro atoms. The Balaban J connectivity index is 3.16. The minimum absolute atomic E-state index is 0.0766. The van der Waals surface area contributed by atoms with Crippen molar-refractivity contribution in [1.82, 2.24) is 0 Å². The van der Waals surface area contributed by atoms with Crippen LogP contribution in [0, 0.1) is 0 Å². The number of halogens is 3. The monoisotopic (exact) mass is 236 g/mol. The van der Waals surface area contributed by atoms with E-state index in [1.54, 1.807) is 6.07 Å². The Bertz CT molecular complexity index is 411. The minimum Gasteiger partial charge on any atom is -0.311 e. The van der Waals surface area contributed by atoms with E-state index in [0.29, 0.717) is 0 Å². The summed E-state index contributed by atoms with van der Waals surface area (Å²) in [4.78, 5) is 10.9. The first-order valence-corrected chi connectivity index (χ1v) is 6.16. The molecule has 0 radical (unpaired) electrons. The highest BCUT2D eigenvalue weighted by molar-refractivity contribution is 7.86. The molecule has 0 aromatic heterocycles. The highest BCUT2D eigenvalue weighted by atomic mass is 31.2. The van der Waals surface area contributed by atoms with E-state index in [1.165, 1.54) is 24.3 Å². The molecule has 2 nitrogen and oxygen atoms in total. The maximum Gasteiger partial charge on any atom is 0.458 e. The van der Waals surface area contributed by atoms with Crippen LogP contribution in [0.1, 0.15) is 0 Å². The third-order valence-electron chi connectivity index (χ3n) is 1.88. The molecule has 0 N–H and O–H groups in total. The summed E-state index contributed by atoms with van der Waals surface area (Å²) >= 11 is 0. The number of hydrogen-bond acceptors (Lipinski definition) is 2. The summed E-state index contributed by atoms with van der Waals surface area (Å²) in [5, 5.41) is -0.0766. The van der Waals surface area contributed by atoms with Crippen molar-refractivity contribution >= 4 is 18.0 Å². The smallest absolute Gasteiger partial charge is 0.311 e. The van der Waals surface area contributed by atoms with Crippen LogP contribution in [0.2, 0.25) is 0 Å². The van der Waals surface area contributed by atoms with Gasteiger partial charge in [0.15, 0.2) is 7.14 Å². The standard InChI is InChI=1S/C9H8F3O2P/c1-15(14,8(13)9(10,11)12)7-5-3-2-4-6-7/h2-6H,1H3. The first-order chi connectivity index (χ1) is 6.76. The van der Waals surface area contributed by atoms with Crippen molar-refractivity contribution in [1.29, 1.82) is 0 Å². The molecule has 1 aromatic carbocycles. The fourth-order valence-electron chi connectivity index (χ4n) is 1.07. The number of rotatable bonds is 2. The van der Waals surface area contributed by atoms with Gasteiger partial charge in [-0.3, -0.25) is 4.79 Å². The lowest BCUT2D eigenvalue weighted by molar-refractivity contribution is -0.161. The summed E-state index contributed by atoms with van der Waals surface area (Å²) in [6.45, 7) is 0.832. The van der Waals surface area contributed by atoms with E-state index < -0.39 is 18.8 Å². The highest BCUT2D eigenvalue weighted by Crippen LogP contribution is 2.46. The summed E-state index contributed by atoms with van der Waals surface area (Å²) in [5.41, 5.74) is -2.17. The molecule has 0 saturated heterocycles. The Kier molecular flexibility index (Phi) is 3.05. The van der Waals surface area contributed by atoms with E-state index in [1.807, 2.05) is 0 Å². The summed E-state index contributed by atoms with van der Waals surface area (Å²) in [5.74, 6) is 0. The Morgan fingerprint density at radius 2 is 1.67 bits per heavy atom. The first kappa shape index (κ1) is 12.0. The van der Waals surface area contributed by atoms with Crippen molar-refractivity contribution in [2.75, 3.05) is 6.66 Å². The number of carbonyl (C=O) groups excluding carboxylic acids is 1. The molecule has 0 aliphatic rings. The summed E-state index contributed by atoms with van der Waals surface area (Å²) < 4.78 is 48.0. The van der Waals surface area contributed by atoms with Gasteiger partial charge in [-0.1, -0.05) is 30.3 Å². The number of alkyl halides is 3. The van der Waals surface area contributed by atoms with E-state index in [0.717, 1.165) is 6.66 Å². The van der Waals surface area contributed by atoms with Crippen LogP contribution in [0.4, 0.5) is 13.2 Å². The summed E-state index contributed by atoms with van der Waals surface area (Å²) in [6, 6.07) is 6.96. The van der Waals surface area contributed by atoms with Crippen molar-refractivity contribution in [3.63, 3.8) is 0 Å². The van der Waals surface area contributed by atoms with Gasteiger partial charge >= 0.3 is 6.18 Å². The van der Waals surface area contributed by atoms with Crippen LogP contribution in [-0.2, 0) is 9.36 Å². The van der Waals surface area contributed by atoms with E-state index >= 15 is 0 Å². The average molecular weight is 236 g/mol. The summed E-state index contributed by atoms with van der Waals surface area (Å²) in [7, 11) is -4.02. The molecule has 1 aromatic rings. The second-order valence-corrected chi connectivity index (χ2v) is 5.83. The van der Waals surface area contributed by atoms with Crippen LogP contribution in [0.25, 0.3) is 0 Å². The number of benzene rings is 1. The fraction of sp³-hybridized carbons (Fsp3) is 0.222. The molecule has 0 saturated carbocycles. The van der Waals surface area contributed by atoms with Gasteiger partial charge in [0.05, 0.1) is 0 Å². The molecule has 1 atom stereocenters. The third kappa shape index (κ3) is 2.48. The molecule has 0 bridgehead atoms. The van der Waals surface area contributed by atoms with Gasteiger partial charge < -0.3 is 4.57 Å². The molecule has 15 heavy (non-hydrogen) atoms. The van der Waals surface area contributed by atoms with Gasteiger partial charge in [-0.15, -0.1) is 0 Å². The molecule has 0 fully saturated rings. The quantitative estimate of drug-likeness (QED) is 0.739. The van der Waals surface area contributed by atoms with E-state index in [9.17, 15) is 22.5 Å². The average Bonchev–Trinajstić information content (AvgIpc) is 2.16.